The summed E-state index contributed by atoms with van der Waals surface area (Å²) in [6.45, 7) is 3.88. The van der Waals surface area contributed by atoms with Gasteiger partial charge in [0.15, 0.2) is 0 Å². The standard InChI is InChI=1S/C12H9BrFNO2/c1-2-3-4-15-10-6-9(14)8(13)5-7(10)11(16)12(15)17/h2,5-6H,1,3-4H2. The fourth-order valence-electron chi connectivity index (χ4n) is 1.73. The van der Waals surface area contributed by atoms with Crippen molar-refractivity contribution in [1.29, 1.82) is 0 Å². The minimum Gasteiger partial charge on any atom is -0.304 e. The number of nitrogens with zero attached hydrogens (tertiary/aromatic N) is 1. The number of carbonyl (C=O) groups excluding carboxylic acids is 2. The van der Waals surface area contributed by atoms with Crippen molar-refractivity contribution >= 4 is 33.3 Å². The molecule has 1 amide bonds. The number of ketones is 1. The van der Waals surface area contributed by atoms with Gasteiger partial charge in [-0.3, -0.25) is 9.59 Å². The maximum absolute atomic E-state index is 13.4. The summed E-state index contributed by atoms with van der Waals surface area (Å²) in [5.41, 5.74) is 0.579. The Balaban J connectivity index is 2.48. The molecular formula is C12H9BrFNO2. The molecule has 0 fully saturated rings. The Hall–Kier alpha value is -1.49. The molecule has 1 heterocycles. The van der Waals surface area contributed by atoms with Gasteiger partial charge in [-0.25, -0.2) is 4.39 Å². The maximum atomic E-state index is 13.4. The Bertz CT molecular complexity index is 527. The molecule has 3 nitrogen and oxygen atoms in total. The second-order valence-electron chi connectivity index (χ2n) is 3.65. The molecule has 0 saturated carbocycles. The Morgan fingerprint density at radius 1 is 1.41 bits per heavy atom. The first-order valence-corrected chi connectivity index (χ1v) is 5.81. The zero-order valence-corrected chi connectivity index (χ0v) is 10.5. The van der Waals surface area contributed by atoms with Gasteiger partial charge in [0.2, 0.25) is 0 Å². The smallest absolute Gasteiger partial charge is 0.299 e. The summed E-state index contributed by atoms with van der Waals surface area (Å²) >= 11 is 3.00. The molecule has 88 valence electrons. The molecule has 1 aliphatic heterocycles. The third-order valence-electron chi connectivity index (χ3n) is 2.57. The second-order valence-corrected chi connectivity index (χ2v) is 4.50. The number of benzene rings is 1. The third kappa shape index (κ3) is 1.91. The van der Waals surface area contributed by atoms with Crippen LogP contribution in [0.4, 0.5) is 10.1 Å². The van der Waals surface area contributed by atoms with E-state index in [4.69, 9.17) is 0 Å². The molecule has 0 bridgehead atoms. The molecule has 0 atom stereocenters. The highest BCUT2D eigenvalue weighted by atomic mass is 79.9. The van der Waals surface area contributed by atoms with E-state index in [9.17, 15) is 14.0 Å². The van der Waals surface area contributed by atoms with Gasteiger partial charge in [0.05, 0.1) is 15.7 Å². The summed E-state index contributed by atoms with van der Waals surface area (Å²) in [6.07, 6.45) is 2.20. The molecule has 2 rings (SSSR count). The van der Waals surface area contributed by atoms with E-state index in [1.807, 2.05) is 0 Å². The zero-order chi connectivity index (χ0) is 12.6. The van der Waals surface area contributed by atoms with Gasteiger partial charge in [-0.15, -0.1) is 6.58 Å². The van der Waals surface area contributed by atoms with Gasteiger partial charge in [0.1, 0.15) is 5.82 Å². The number of halogens is 2. The van der Waals surface area contributed by atoms with Crippen molar-refractivity contribution in [3.63, 3.8) is 0 Å². The molecule has 1 aliphatic rings. The molecule has 0 N–H and O–H groups in total. The lowest BCUT2D eigenvalue weighted by Crippen LogP contribution is -2.30. The van der Waals surface area contributed by atoms with Gasteiger partial charge in [-0.1, -0.05) is 6.08 Å². The van der Waals surface area contributed by atoms with Crippen LogP contribution < -0.4 is 4.90 Å². The summed E-state index contributed by atoms with van der Waals surface area (Å²) < 4.78 is 13.6. The van der Waals surface area contributed by atoms with Gasteiger partial charge in [-0.05, 0) is 34.5 Å². The Labute approximate surface area is 106 Å². The normalized spacial score (nSPS) is 14.1. The largest absolute Gasteiger partial charge is 0.304 e. The molecule has 0 aromatic heterocycles. The van der Waals surface area contributed by atoms with Crippen LogP contribution in [0.3, 0.4) is 0 Å². The zero-order valence-electron chi connectivity index (χ0n) is 8.87. The van der Waals surface area contributed by atoms with E-state index >= 15 is 0 Å². The number of hydrogen-bond acceptors (Lipinski definition) is 2. The van der Waals surface area contributed by atoms with E-state index in [0.29, 0.717) is 18.7 Å². The van der Waals surface area contributed by atoms with Crippen LogP contribution in [-0.2, 0) is 4.79 Å². The van der Waals surface area contributed by atoms with Gasteiger partial charge < -0.3 is 4.90 Å². The Morgan fingerprint density at radius 2 is 2.12 bits per heavy atom. The van der Waals surface area contributed by atoms with E-state index in [2.05, 4.69) is 22.5 Å². The minimum atomic E-state index is -0.612. The van der Waals surface area contributed by atoms with Gasteiger partial charge in [0.25, 0.3) is 11.7 Å². The number of carbonyl (C=O) groups is 2. The molecule has 0 spiro atoms. The van der Waals surface area contributed by atoms with Crippen LogP contribution in [0.1, 0.15) is 16.8 Å². The Morgan fingerprint density at radius 3 is 2.76 bits per heavy atom. The third-order valence-corrected chi connectivity index (χ3v) is 3.18. The lowest BCUT2D eigenvalue weighted by molar-refractivity contribution is -0.114. The topological polar surface area (TPSA) is 37.4 Å². The molecule has 0 unspecified atom stereocenters. The lowest BCUT2D eigenvalue weighted by atomic mass is 10.1. The average molecular weight is 298 g/mol. The van der Waals surface area contributed by atoms with Gasteiger partial charge >= 0.3 is 0 Å². The molecule has 1 aromatic carbocycles. The lowest BCUT2D eigenvalue weighted by Gasteiger charge is -2.15. The molecule has 5 heteroatoms. The highest BCUT2D eigenvalue weighted by Gasteiger charge is 2.36. The average Bonchev–Trinajstić information content (AvgIpc) is 2.52. The number of Topliss-reactive ketones (excluding diaryl/α,β-unsaturated/α-hetero) is 1. The van der Waals surface area contributed by atoms with E-state index in [0.717, 1.165) is 0 Å². The van der Waals surface area contributed by atoms with E-state index < -0.39 is 17.5 Å². The van der Waals surface area contributed by atoms with E-state index in [-0.39, 0.29) is 10.0 Å². The first-order valence-electron chi connectivity index (χ1n) is 5.02. The second kappa shape index (κ2) is 4.41. The first-order chi connectivity index (χ1) is 8.06. The van der Waals surface area contributed by atoms with Crippen LogP contribution in [0, 0.1) is 5.82 Å². The predicted molar refractivity (Wildman–Crippen MR) is 65.6 cm³/mol. The molecule has 0 radical (unpaired) electrons. The highest BCUT2D eigenvalue weighted by Crippen LogP contribution is 2.33. The molecule has 1 aromatic rings. The monoisotopic (exact) mass is 297 g/mol. The summed E-state index contributed by atoms with van der Waals surface area (Å²) in [4.78, 5) is 24.7. The van der Waals surface area contributed by atoms with Gasteiger partial charge in [0, 0.05) is 6.54 Å². The Kier molecular flexibility index (Phi) is 3.11. The molecule has 0 saturated heterocycles. The maximum Gasteiger partial charge on any atom is 0.299 e. The van der Waals surface area contributed by atoms with Crippen molar-refractivity contribution in [1.82, 2.24) is 0 Å². The summed E-state index contributed by atoms with van der Waals surface area (Å²) in [5.74, 6) is -1.70. The van der Waals surface area contributed by atoms with Crippen LogP contribution in [0.15, 0.2) is 29.3 Å². The molecular weight excluding hydrogens is 289 g/mol. The van der Waals surface area contributed by atoms with Crippen LogP contribution in [0.5, 0.6) is 0 Å². The first kappa shape index (κ1) is 12.0. The number of rotatable bonds is 3. The minimum absolute atomic E-state index is 0.183. The summed E-state index contributed by atoms with van der Waals surface area (Å²) in [6, 6.07) is 2.55. The van der Waals surface area contributed by atoms with Crippen molar-refractivity contribution in [3.05, 3.63) is 40.6 Å². The fourth-order valence-corrected chi connectivity index (χ4v) is 2.07. The predicted octanol–water partition coefficient (Wildman–Crippen LogP) is 2.69. The summed E-state index contributed by atoms with van der Waals surface area (Å²) in [5, 5.41) is 0. The van der Waals surface area contributed by atoms with Crippen LogP contribution in [-0.4, -0.2) is 18.2 Å². The summed E-state index contributed by atoms with van der Waals surface area (Å²) in [7, 11) is 0. The van der Waals surface area contributed by atoms with Crippen molar-refractivity contribution in [2.75, 3.05) is 11.4 Å². The van der Waals surface area contributed by atoms with Crippen molar-refractivity contribution in [2.45, 2.75) is 6.42 Å². The quantitative estimate of drug-likeness (QED) is 0.635. The highest BCUT2D eigenvalue weighted by molar-refractivity contribution is 9.10. The van der Waals surface area contributed by atoms with E-state index in [1.54, 1.807) is 6.08 Å². The van der Waals surface area contributed by atoms with Crippen LogP contribution in [0.25, 0.3) is 0 Å². The number of anilines is 1. The van der Waals surface area contributed by atoms with Crippen molar-refractivity contribution in [2.24, 2.45) is 0 Å². The fraction of sp³-hybridized carbons (Fsp3) is 0.167. The SMILES string of the molecule is C=CCCN1C(=O)C(=O)c2cc(Br)c(F)cc21. The van der Waals surface area contributed by atoms with Crippen LogP contribution >= 0.6 is 15.9 Å². The van der Waals surface area contributed by atoms with Crippen LogP contribution in [0.2, 0.25) is 0 Å². The molecule has 17 heavy (non-hydrogen) atoms. The van der Waals surface area contributed by atoms with Crippen molar-refractivity contribution < 1.29 is 14.0 Å². The molecule has 0 aliphatic carbocycles. The number of amides is 1. The van der Waals surface area contributed by atoms with Gasteiger partial charge in [-0.2, -0.15) is 0 Å². The van der Waals surface area contributed by atoms with E-state index in [1.165, 1.54) is 17.0 Å². The van der Waals surface area contributed by atoms with Crippen molar-refractivity contribution in [3.8, 4) is 0 Å². The number of hydrogen-bond donors (Lipinski definition) is 0. The number of fused-ring (bicyclic) bond motifs is 1.